The molecular weight excluding hydrogens is 483 g/mol. The third-order valence-corrected chi connectivity index (χ3v) is 6.78. The van der Waals surface area contributed by atoms with Crippen LogP contribution in [0.2, 0.25) is 5.02 Å². The summed E-state index contributed by atoms with van der Waals surface area (Å²) in [6, 6.07) is 7.26. The maximum Gasteiger partial charge on any atom is 0.338 e. The predicted octanol–water partition coefficient (Wildman–Crippen LogP) is 3.92. The minimum Gasteiger partial charge on any atom is -0.356 e. The Hall–Kier alpha value is -3.58. The second kappa shape index (κ2) is 7.99. The Labute approximate surface area is 202 Å². The zero-order valence-corrected chi connectivity index (χ0v) is 19.3. The lowest BCUT2D eigenvalue weighted by Gasteiger charge is -2.59. The third kappa shape index (κ3) is 3.80. The maximum atomic E-state index is 13.9. The molecule has 1 spiro atoms. The fourth-order valence-electron chi connectivity index (χ4n) is 5.16. The molecule has 1 saturated carbocycles. The fourth-order valence-corrected chi connectivity index (χ4v) is 5.34. The summed E-state index contributed by atoms with van der Waals surface area (Å²) in [4.78, 5) is 33.1. The van der Waals surface area contributed by atoms with Gasteiger partial charge in [-0.1, -0.05) is 17.7 Å². The SMILES string of the molecule is Cc1cncc(-n2c(=O)c(-c3ccc(F)c(Cl)c3)c(N3CC4(C3)CC(F)(F)C4)n(CC#N)c2=O)c1. The molecule has 5 rings (SSSR count). The fraction of sp³-hybridized carbons (Fsp3) is 0.333. The zero-order chi connectivity index (χ0) is 25.1. The molecule has 0 N–H and O–H groups in total. The molecule has 180 valence electrons. The van der Waals surface area contributed by atoms with E-state index in [1.165, 1.54) is 18.3 Å². The predicted molar refractivity (Wildman–Crippen MR) is 124 cm³/mol. The molecule has 3 aromatic rings. The highest BCUT2D eigenvalue weighted by molar-refractivity contribution is 6.31. The van der Waals surface area contributed by atoms with Crippen LogP contribution in [0.4, 0.5) is 19.0 Å². The first-order valence-electron chi connectivity index (χ1n) is 10.8. The summed E-state index contributed by atoms with van der Waals surface area (Å²) < 4.78 is 43.1. The first-order valence-corrected chi connectivity index (χ1v) is 11.2. The number of nitriles is 1. The van der Waals surface area contributed by atoms with Crippen molar-refractivity contribution in [2.24, 2.45) is 5.41 Å². The monoisotopic (exact) mass is 501 g/mol. The van der Waals surface area contributed by atoms with Crippen LogP contribution in [-0.2, 0) is 6.54 Å². The van der Waals surface area contributed by atoms with Crippen LogP contribution in [-0.4, -0.2) is 33.1 Å². The summed E-state index contributed by atoms with van der Waals surface area (Å²) in [5, 5.41) is 9.26. The smallest absolute Gasteiger partial charge is 0.338 e. The second-order valence-electron chi connectivity index (χ2n) is 9.28. The average Bonchev–Trinajstić information content (AvgIpc) is 2.74. The van der Waals surface area contributed by atoms with Crippen molar-refractivity contribution in [2.75, 3.05) is 18.0 Å². The van der Waals surface area contributed by atoms with Gasteiger partial charge in [0, 0.05) is 37.5 Å². The minimum atomic E-state index is -2.73. The number of nitrogens with zero attached hydrogens (tertiary/aromatic N) is 5. The van der Waals surface area contributed by atoms with Gasteiger partial charge < -0.3 is 4.90 Å². The molecule has 7 nitrogen and oxygen atoms in total. The van der Waals surface area contributed by atoms with Crippen molar-refractivity contribution >= 4 is 17.4 Å². The Bertz CT molecular complexity index is 1510. The topological polar surface area (TPSA) is 83.9 Å². The molecule has 2 aromatic heterocycles. The van der Waals surface area contributed by atoms with E-state index in [0.717, 1.165) is 15.2 Å². The second-order valence-corrected chi connectivity index (χ2v) is 9.69. The van der Waals surface area contributed by atoms with E-state index in [9.17, 15) is 28.0 Å². The molecular formula is C24H19ClF3N5O2. The molecule has 0 unspecified atom stereocenters. The first kappa shape index (κ1) is 23.2. The Morgan fingerprint density at radius 1 is 1.17 bits per heavy atom. The van der Waals surface area contributed by atoms with E-state index >= 15 is 0 Å². The zero-order valence-electron chi connectivity index (χ0n) is 18.6. The standard InChI is InChI=1S/C24H19ClF3N5O2/c1-14-6-16(9-30-8-14)33-21(34)19(15-2-3-18(26)17(25)7-15)20(32(5-4-29)22(33)35)31-12-23(13-31)10-24(27,28)11-23/h2-3,6-9H,5,10-13H2,1H3. The van der Waals surface area contributed by atoms with Crippen molar-refractivity contribution in [3.05, 3.63) is 73.9 Å². The molecule has 2 fully saturated rings. The number of aryl methyl sites for hydroxylation is 1. The van der Waals surface area contributed by atoms with Crippen LogP contribution < -0.4 is 16.1 Å². The Balaban J connectivity index is 1.77. The highest BCUT2D eigenvalue weighted by Crippen LogP contribution is 2.57. The summed E-state index contributed by atoms with van der Waals surface area (Å²) in [6.07, 6.45) is 2.36. The van der Waals surface area contributed by atoms with Gasteiger partial charge in [0.1, 0.15) is 18.2 Å². The number of hydrogen-bond donors (Lipinski definition) is 0. The van der Waals surface area contributed by atoms with Gasteiger partial charge in [-0.15, -0.1) is 0 Å². The lowest BCUT2D eigenvalue weighted by atomic mass is 9.61. The van der Waals surface area contributed by atoms with E-state index in [0.29, 0.717) is 5.56 Å². The van der Waals surface area contributed by atoms with E-state index < -0.39 is 34.9 Å². The molecule has 1 aliphatic carbocycles. The number of hydrogen-bond acceptors (Lipinski definition) is 5. The number of halogens is 4. The molecule has 0 amide bonds. The molecule has 3 heterocycles. The van der Waals surface area contributed by atoms with E-state index in [-0.39, 0.29) is 53.6 Å². The lowest BCUT2D eigenvalue weighted by Crippen LogP contribution is -2.67. The van der Waals surface area contributed by atoms with Crippen LogP contribution in [0.1, 0.15) is 18.4 Å². The molecule has 1 aliphatic heterocycles. The van der Waals surface area contributed by atoms with Gasteiger partial charge >= 0.3 is 5.69 Å². The van der Waals surface area contributed by atoms with Crippen molar-refractivity contribution in [1.29, 1.82) is 5.26 Å². The highest BCUT2D eigenvalue weighted by Gasteiger charge is 2.62. The van der Waals surface area contributed by atoms with Crippen molar-refractivity contribution in [3.63, 3.8) is 0 Å². The molecule has 0 bridgehead atoms. The van der Waals surface area contributed by atoms with E-state index in [4.69, 9.17) is 11.6 Å². The minimum absolute atomic E-state index is 0.0178. The summed E-state index contributed by atoms with van der Waals surface area (Å²) in [5.74, 6) is -3.29. The van der Waals surface area contributed by atoms with Gasteiger partial charge in [-0.05, 0) is 36.2 Å². The van der Waals surface area contributed by atoms with Crippen molar-refractivity contribution < 1.29 is 13.2 Å². The van der Waals surface area contributed by atoms with Gasteiger partial charge in [0.05, 0.1) is 28.5 Å². The third-order valence-electron chi connectivity index (χ3n) is 6.49. The number of pyridine rings is 1. The quantitative estimate of drug-likeness (QED) is 0.541. The van der Waals surface area contributed by atoms with Crippen molar-refractivity contribution in [3.8, 4) is 22.9 Å². The Morgan fingerprint density at radius 2 is 1.89 bits per heavy atom. The van der Waals surface area contributed by atoms with Crippen molar-refractivity contribution in [1.82, 2.24) is 14.1 Å². The van der Waals surface area contributed by atoms with Crippen molar-refractivity contribution in [2.45, 2.75) is 32.2 Å². The van der Waals surface area contributed by atoms with Crippen LogP contribution in [0.15, 0.2) is 46.2 Å². The van der Waals surface area contributed by atoms with Gasteiger partial charge in [0.2, 0.25) is 5.92 Å². The molecule has 1 aromatic carbocycles. The number of anilines is 1. The van der Waals surface area contributed by atoms with Crippen LogP contribution >= 0.6 is 11.6 Å². The highest BCUT2D eigenvalue weighted by atomic mass is 35.5. The van der Waals surface area contributed by atoms with E-state index in [1.54, 1.807) is 24.1 Å². The summed E-state index contributed by atoms with van der Waals surface area (Å²) in [7, 11) is 0. The van der Waals surface area contributed by atoms with Gasteiger partial charge in [-0.3, -0.25) is 14.3 Å². The van der Waals surface area contributed by atoms with Gasteiger partial charge in [0.15, 0.2) is 0 Å². The summed E-state index contributed by atoms with van der Waals surface area (Å²) in [5.41, 5.74) is -0.936. The summed E-state index contributed by atoms with van der Waals surface area (Å²) >= 11 is 6.00. The average molecular weight is 502 g/mol. The van der Waals surface area contributed by atoms with E-state index in [1.807, 2.05) is 6.07 Å². The van der Waals surface area contributed by atoms with Crippen LogP contribution in [0.5, 0.6) is 0 Å². The maximum absolute atomic E-state index is 13.9. The molecule has 0 radical (unpaired) electrons. The molecule has 2 aliphatic rings. The Morgan fingerprint density at radius 3 is 2.49 bits per heavy atom. The number of rotatable bonds is 4. The van der Waals surface area contributed by atoms with E-state index in [2.05, 4.69) is 4.98 Å². The van der Waals surface area contributed by atoms with Crippen LogP contribution in [0, 0.1) is 29.5 Å². The normalized spacial score (nSPS) is 17.5. The summed E-state index contributed by atoms with van der Waals surface area (Å²) in [6.45, 7) is 1.75. The lowest BCUT2D eigenvalue weighted by molar-refractivity contribution is -0.170. The van der Waals surface area contributed by atoms with Crippen LogP contribution in [0.25, 0.3) is 16.8 Å². The first-order chi connectivity index (χ1) is 16.5. The molecule has 11 heteroatoms. The number of benzene rings is 1. The van der Waals surface area contributed by atoms with Gasteiger partial charge in [-0.2, -0.15) is 5.26 Å². The largest absolute Gasteiger partial charge is 0.356 e. The van der Waals surface area contributed by atoms with Gasteiger partial charge in [0.25, 0.3) is 5.56 Å². The number of aromatic nitrogens is 3. The molecule has 35 heavy (non-hydrogen) atoms. The molecule has 1 saturated heterocycles. The number of alkyl halides is 2. The van der Waals surface area contributed by atoms with Gasteiger partial charge in [-0.25, -0.2) is 22.5 Å². The van der Waals surface area contributed by atoms with Crippen LogP contribution in [0.3, 0.4) is 0 Å². The Kier molecular flexibility index (Phi) is 5.29. The molecule has 0 atom stereocenters.